The number of H-pyrrole nitrogens is 1. The number of amides is 1. The molecule has 0 bridgehead atoms. The maximum Gasteiger partial charge on any atom is 0.257 e. The SMILES string of the molecule is CC(C)n1ncc2c(C(=O)Nc3cc(-c4cccs4)[nH]n3)cc(C3CC3)nc21. The van der Waals surface area contributed by atoms with E-state index in [0.29, 0.717) is 17.3 Å². The zero-order chi connectivity index (χ0) is 19.3. The maximum absolute atomic E-state index is 13.1. The van der Waals surface area contributed by atoms with Crippen LogP contribution in [0.3, 0.4) is 0 Å². The van der Waals surface area contributed by atoms with Crippen LogP contribution in [0.25, 0.3) is 21.6 Å². The van der Waals surface area contributed by atoms with Crippen LogP contribution in [0.2, 0.25) is 0 Å². The van der Waals surface area contributed by atoms with Crippen LogP contribution in [0.5, 0.6) is 0 Å². The Morgan fingerprint density at radius 2 is 2.21 bits per heavy atom. The lowest BCUT2D eigenvalue weighted by molar-refractivity contribution is 0.102. The fraction of sp³-hybridized carbons (Fsp3) is 0.300. The van der Waals surface area contributed by atoms with Gasteiger partial charge in [-0.1, -0.05) is 6.07 Å². The van der Waals surface area contributed by atoms with Gasteiger partial charge in [0, 0.05) is 23.7 Å². The van der Waals surface area contributed by atoms with E-state index in [-0.39, 0.29) is 11.9 Å². The minimum absolute atomic E-state index is 0.176. The van der Waals surface area contributed by atoms with E-state index in [1.807, 2.05) is 34.3 Å². The molecule has 1 fully saturated rings. The molecule has 4 aromatic rings. The number of aromatic amines is 1. The lowest BCUT2D eigenvalue weighted by atomic mass is 10.1. The first-order valence-electron chi connectivity index (χ1n) is 9.39. The summed E-state index contributed by atoms with van der Waals surface area (Å²) in [7, 11) is 0. The van der Waals surface area contributed by atoms with Gasteiger partial charge in [-0.05, 0) is 44.2 Å². The molecule has 1 saturated carbocycles. The largest absolute Gasteiger partial charge is 0.305 e. The summed E-state index contributed by atoms with van der Waals surface area (Å²) >= 11 is 1.62. The molecule has 0 spiro atoms. The molecule has 28 heavy (non-hydrogen) atoms. The van der Waals surface area contributed by atoms with Gasteiger partial charge in [0.05, 0.1) is 27.7 Å². The van der Waals surface area contributed by atoms with Gasteiger partial charge in [0.2, 0.25) is 0 Å². The van der Waals surface area contributed by atoms with Gasteiger partial charge in [-0.3, -0.25) is 9.89 Å². The number of nitrogens with zero attached hydrogens (tertiary/aromatic N) is 4. The quantitative estimate of drug-likeness (QED) is 0.520. The van der Waals surface area contributed by atoms with Crippen molar-refractivity contribution in [3.05, 3.63) is 47.1 Å². The summed E-state index contributed by atoms with van der Waals surface area (Å²) < 4.78 is 1.88. The van der Waals surface area contributed by atoms with Crippen LogP contribution >= 0.6 is 11.3 Å². The smallest absolute Gasteiger partial charge is 0.257 e. The molecule has 0 radical (unpaired) electrons. The van der Waals surface area contributed by atoms with Crippen LogP contribution in [0.1, 0.15) is 54.7 Å². The average molecular weight is 392 g/mol. The second-order valence-electron chi connectivity index (χ2n) is 7.39. The molecule has 5 rings (SSSR count). The molecule has 8 heteroatoms. The number of nitrogens with one attached hydrogen (secondary N) is 2. The van der Waals surface area contributed by atoms with E-state index < -0.39 is 0 Å². The van der Waals surface area contributed by atoms with Crippen LogP contribution < -0.4 is 5.32 Å². The number of aromatic nitrogens is 5. The number of pyridine rings is 1. The number of rotatable bonds is 5. The van der Waals surface area contributed by atoms with Crippen molar-refractivity contribution >= 4 is 34.1 Å². The van der Waals surface area contributed by atoms with E-state index in [9.17, 15) is 4.79 Å². The Bertz CT molecular complexity index is 1150. The van der Waals surface area contributed by atoms with Crippen molar-refractivity contribution in [3.63, 3.8) is 0 Å². The van der Waals surface area contributed by atoms with E-state index in [1.54, 1.807) is 17.5 Å². The van der Waals surface area contributed by atoms with E-state index in [4.69, 9.17) is 4.98 Å². The highest BCUT2D eigenvalue weighted by molar-refractivity contribution is 7.13. The zero-order valence-electron chi connectivity index (χ0n) is 15.6. The monoisotopic (exact) mass is 392 g/mol. The number of anilines is 1. The maximum atomic E-state index is 13.1. The summed E-state index contributed by atoms with van der Waals surface area (Å²) in [5.41, 5.74) is 3.23. The molecule has 0 unspecified atom stereocenters. The first-order chi connectivity index (χ1) is 13.6. The molecular formula is C20H20N6OS. The topological polar surface area (TPSA) is 88.5 Å². The molecule has 0 atom stereocenters. The standard InChI is InChI=1S/C20H20N6OS/c1-11(2)26-19-14(10-21-26)13(8-15(22-19)12-5-6-12)20(27)23-18-9-16(24-25-18)17-4-3-7-28-17/h3-4,7-12H,5-6H2,1-2H3,(H2,23,24,25,27). The Hall–Kier alpha value is -3.00. The number of thiophene rings is 1. The summed E-state index contributed by atoms with van der Waals surface area (Å²) in [4.78, 5) is 19.0. The van der Waals surface area contributed by atoms with Crippen LogP contribution in [0.4, 0.5) is 5.82 Å². The summed E-state index contributed by atoms with van der Waals surface area (Å²) in [5.74, 6) is 0.756. The van der Waals surface area contributed by atoms with Crippen molar-refractivity contribution < 1.29 is 4.79 Å². The number of carbonyl (C=O) groups excluding carboxylic acids is 1. The Labute approximate surface area is 165 Å². The molecule has 0 aromatic carbocycles. The molecule has 1 amide bonds. The highest BCUT2D eigenvalue weighted by Crippen LogP contribution is 2.40. The van der Waals surface area contributed by atoms with Crippen LogP contribution in [0, 0.1) is 0 Å². The first-order valence-corrected chi connectivity index (χ1v) is 10.3. The summed E-state index contributed by atoms with van der Waals surface area (Å²) in [6, 6.07) is 7.93. The van der Waals surface area contributed by atoms with Gasteiger partial charge in [-0.15, -0.1) is 11.3 Å². The fourth-order valence-electron chi connectivity index (χ4n) is 3.32. The van der Waals surface area contributed by atoms with Gasteiger partial charge in [0.25, 0.3) is 5.91 Å². The lowest BCUT2D eigenvalue weighted by Crippen LogP contribution is -2.14. The lowest BCUT2D eigenvalue weighted by Gasteiger charge is -2.10. The molecule has 142 valence electrons. The Kier molecular flexibility index (Phi) is 4.01. The minimum atomic E-state index is -0.193. The van der Waals surface area contributed by atoms with Crippen molar-refractivity contribution in [2.75, 3.05) is 5.32 Å². The number of carbonyl (C=O) groups is 1. The molecular weight excluding hydrogens is 372 g/mol. The first kappa shape index (κ1) is 17.1. The zero-order valence-corrected chi connectivity index (χ0v) is 16.5. The molecule has 4 heterocycles. The van der Waals surface area contributed by atoms with Crippen molar-refractivity contribution in [2.45, 2.75) is 38.6 Å². The van der Waals surface area contributed by atoms with Gasteiger partial charge in [-0.2, -0.15) is 10.2 Å². The van der Waals surface area contributed by atoms with Gasteiger partial charge < -0.3 is 5.32 Å². The second-order valence-corrected chi connectivity index (χ2v) is 8.34. The number of hydrogen-bond donors (Lipinski definition) is 2. The molecule has 1 aliphatic rings. The van der Waals surface area contributed by atoms with E-state index >= 15 is 0 Å². The highest BCUT2D eigenvalue weighted by atomic mass is 32.1. The third-order valence-electron chi connectivity index (χ3n) is 4.92. The van der Waals surface area contributed by atoms with Gasteiger partial charge in [-0.25, -0.2) is 9.67 Å². The van der Waals surface area contributed by atoms with Crippen molar-refractivity contribution in [1.82, 2.24) is 25.0 Å². The van der Waals surface area contributed by atoms with Crippen LogP contribution in [-0.4, -0.2) is 30.9 Å². The van der Waals surface area contributed by atoms with Crippen molar-refractivity contribution in [1.29, 1.82) is 0 Å². The third-order valence-corrected chi connectivity index (χ3v) is 5.83. The number of hydrogen-bond acceptors (Lipinski definition) is 5. The Morgan fingerprint density at radius 3 is 2.93 bits per heavy atom. The van der Waals surface area contributed by atoms with Gasteiger partial charge in [0.15, 0.2) is 11.5 Å². The minimum Gasteiger partial charge on any atom is -0.305 e. The molecule has 4 aromatic heterocycles. The number of fused-ring (bicyclic) bond motifs is 1. The van der Waals surface area contributed by atoms with E-state index in [2.05, 4.69) is 34.5 Å². The van der Waals surface area contributed by atoms with Crippen molar-refractivity contribution in [3.8, 4) is 10.6 Å². The molecule has 0 saturated heterocycles. The Morgan fingerprint density at radius 1 is 1.36 bits per heavy atom. The van der Waals surface area contributed by atoms with Crippen LogP contribution in [0.15, 0.2) is 35.8 Å². The molecule has 2 N–H and O–H groups in total. The van der Waals surface area contributed by atoms with Crippen molar-refractivity contribution in [2.24, 2.45) is 0 Å². The average Bonchev–Trinajstić information content (AvgIpc) is 3.09. The highest BCUT2D eigenvalue weighted by Gasteiger charge is 2.28. The predicted octanol–water partition coefficient (Wildman–Crippen LogP) is 4.59. The van der Waals surface area contributed by atoms with Crippen LogP contribution in [-0.2, 0) is 0 Å². The molecule has 1 aliphatic carbocycles. The fourth-order valence-corrected chi connectivity index (χ4v) is 4.01. The van der Waals surface area contributed by atoms with Gasteiger partial charge in [0.1, 0.15) is 0 Å². The van der Waals surface area contributed by atoms with E-state index in [0.717, 1.165) is 40.1 Å². The predicted molar refractivity (Wildman–Crippen MR) is 110 cm³/mol. The summed E-state index contributed by atoms with van der Waals surface area (Å²) in [5, 5.41) is 17.4. The van der Waals surface area contributed by atoms with E-state index in [1.165, 1.54) is 0 Å². The summed E-state index contributed by atoms with van der Waals surface area (Å²) in [6.07, 6.45) is 3.98. The second kappa shape index (κ2) is 6.56. The molecule has 0 aliphatic heterocycles. The normalized spacial score (nSPS) is 14.1. The third kappa shape index (κ3) is 2.99. The summed E-state index contributed by atoms with van der Waals surface area (Å²) in [6.45, 7) is 4.13. The Balaban J connectivity index is 1.50. The van der Waals surface area contributed by atoms with Gasteiger partial charge >= 0.3 is 0 Å². The molecule has 7 nitrogen and oxygen atoms in total.